The van der Waals surface area contributed by atoms with Crippen molar-refractivity contribution in [1.29, 1.82) is 0 Å². The Kier molecular flexibility index (Phi) is 6.97. The Morgan fingerprint density at radius 2 is 1.78 bits per heavy atom. The molecular weight excluding hydrogens is 499 g/mol. The molecule has 0 saturated heterocycles. The molecule has 13 heteroatoms. The lowest BCUT2D eigenvalue weighted by molar-refractivity contribution is -0.137. The van der Waals surface area contributed by atoms with E-state index in [1.165, 1.54) is 30.7 Å². The zero-order chi connectivity index (χ0) is 25.9. The highest BCUT2D eigenvalue weighted by molar-refractivity contribution is 6.30. The maximum Gasteiger partial charge on any atom is 0.418 e. The van der Waals surface area contributed by atoms with Gasteiger partial charge in [-0.1, -0.05) is 11.6 Å². The SMILES string of the molecule is CNc1ncc(C(=O)NC2(C(=O)NCc3ccc(Nc4ccc(Cl)cc4C(F)(F)F)cn3)CC2)cn1. The molecular formula is C23H21ClF3N7O2. The third-order valence-electron chi connectivity index (χ3n) is 5.50. The molecule has 2 amide bonds. The zero-order valence-electron chi connectivity index (χ0n) is 18.9. The molecule has 0 atom stereocenters. The fourth-order valence-electron chi connectivity index (χ4n) is 3.36. The highest BCUT2D eigenvalue weighted by atomic mass is 35.5. The molecule has 0 spiro atoms. The van der Waals surface area contributed by atoms with E-state index in [4.69, 9.17) is 11.6 Å². The highest BCUT2D eigenvalue weighted by Gasteiger charge is 2.51. The molecule has 188 valence electrons. The van der Waals surface area contributed by atoms with E-state index in [1.807, 2.05) is 0 Å². The summed E-state index contributed by atoms with van der Waals surface area (Å²) in [7, 11) is 1.65. The van der Waals surface area contributed by atoms with Crippen LogP contribution < -0.4 is 21.3 Å². The molecule has 0 bridgehead atoms. The second kappa shape index (κ2) is 9.97. The number of carbonyl (C=O) groups excluding carboxylic acids is 2. The number of carbonyl (C=O) groups is 2. The molecule has 0 radical (unpaired) electrons. The number of amides is 2. The summed E-state index contributed by atoms with van der Waals surface area (Å²) < 4.78 is 39.9. The molecule has 36 heavy (non-hydrogen) atoms. The lowest BCUT2D eigenvalue weighted by Crippen LogP contribution is -2.48. The van der Waals surface area contributed by atoms with Crippen LogP contribution in [0.3, 0.4) is 0 Å². The number of nitrogens with one attached hydrogen (secondary N) is 4. The summed E-state index contributed by atoms with van der Waals surface area (Å²) in [6, 6.07) is 6.56. The van der Waals surface area contributed by atoms with Crippen molar-refractivity contribution in [2.45, 2.75) is 31.1 Å². The maximum atomic E-state index is 13.3. The number of halogens is 4. The van der Waals surface area contributed by atoms with Gasteiger partial charge in [-0.2, -0.15) is 13.2 Å². The second-order valence-electron chi connectivity index (χ2n) is 8.12. The van der Waals surface area contributed by atoms with Gasteiger partial charge in [0.25, 0.3) is 5.91 Å². The molecule has 0 unspecified atom stereocenters. The van der Waals surface area contributed by atoms with E-state index in [0.29, 0.717) is 30.2 Å². The minimum Gasteiger partial charge on any atom is -0.357 e. The first-order valence-corrected chi connectivity index (χ1v) is 11.2. The van der Waals surface area contributed by atoms with Gasteiger partial charge in [0.1, 0.15) is 5.54 Å². The molecule has 2 aromatic heterocycles. The van der Waals surface area contributed by atoms with Crippen LogP contribution in [0.5, 0.6) is 0 Å². The van der Waals surface area contributed by atoms with E-state index < -0.39 is 23.2 Å². The number of pyridine rings is 1. The summed E-state index contributed by atoms with van der Waals surface area (Å²) in [6.07, 6.45) is 0.479. The average Bonchev–Trinajstić information content (AvgIpc) is 3.64. The fraction of sp³-hybridized carbons (Fsp3) is 0.261. The number of alkyl halides is 3. The van der Waals surface area contributed by atoms with Crippen molar-refractivity contribution in [2.75, 3.05) is 17.7 Å². The van der Waals surface area contributed by atoms with E-state index in [0.717, 1.165) is 6.07 Å². The lowest BCUT2D eigenvalue weighted by atomic mass is 10.1. The Balaban J connectivity index is 1.34. The number of rotatable bonds is 8. The van der Waals surface area contributed by atoms with Crippen molar-refractivity contribution in [2.24, 2.45) is 0 Å². The van der Waals surface area contributed by atoms with Gasteiger partial charge in [-0.25, -0.2) is 9.97 Å². The number of benzene rings is 1. The maximum absolute atomic E-state index is 13.3. The van der Waals surface area contributed by atoms with Crippen molar-refractivity contribution in [3.63, 3.8) is 0 Å². The number of hydrogen-bond acceptors (Lipinski definition) is 7. The Morgan fingerprint density at radius 1 is 1.06 bits per heavy atom. The Bertz CT molecular complexity index is 1260. The quantitative estimate of drug-likeness (QED) is 0.356. The van der Waals surface area contributed by atoms with Gasteiger partial charge in [-0.05, 0) is 43.2 Å². The Hall–Kier alpha value is -3.93. The second-order valence-corrected chi connectivity index (χ2v) is 8.55. The standard InChI is InChI=1S/C23H21ClF3N7O2/c1-28-21-31-9-13(10-32-21)19(35)34-22(6-7-22)20(36)30-11-15-3-4-16(12-29-15)33-18-5-2-14(24)8-17(18)23(25,26)27/h2-5,8-10,12,33H,6-7,11H2,1H3,(H,30,36)(H,34,35)(H,28,31,32). The molecule has 1 aliphatic rings. The van der Waals surface area contributed by atoms with E-state index >= 15 is 0 Å². The number of anilines is 3. The van der Waals surface area contributed by atoms with Crippen molar-refractivity contribution in [3.05, 3.63) is 70.8 Å². The summed E-state index contributed by atoms with van der Waals surface area (Å²) in [5.41, 5.74) is -1.02. The van der Waals surface area contributed by atoms with Gasteiger partial charge >= 0.3 is 6.18 Å². The van der Waals surface area contributed by atoms with Crippen LogP contribution in [0.15, 0.2) is 48.9 Å². The molecule has 4 rings (SSSR count). The predicted octanol–water partition coefficient (Wildman–Crippen LogP) is 3.91. The predicted molar refractivity (Wildman–Crippen MR) is 127 cm³/mol. The van der Waals surface area contributed by atoms with Crippen LogP contribution in [0, 0.1) is 0 Å². The molecule has 1 saturated carbocycles. The molecule has 1 fully saturated rings. The van der Waals surface area contributed by atoms with Gasteiger partial charge in [0.15, 0.2) is 0 Å². The summed E-state index contributed by atoms with van der Waals surface area (Å²) in [5.74, 6) is -0.448. The summed E-state index contributed by atoms with van der Waals surface area (Å²) in [4.78, 5) is 37.4. The first kappa shape index (κ1) is 25.2. The van der Waals surface area contributed by atoms with Crippen LogP contribution in [0.1, 0.15) is 34.5 Å². The highest BCUT2D eigenvalue weighted by Crippen LogP contribution is 2.38. The third kappa shape index (κ3) is 5.82. The largest absolute Gasteiger partial charge is 0.418 e. The van der Waals surface area contributed by atoms with Crippen LogP contribution in [0.25, 0.3) is 0 Å². The average molecular weight is 520 g/mol. The van der Waals surface area contributed by atoms with Gasteiger partial charge in [-0.15, -0.1) is 0 Å². The van der Waals surface area contributed by atoms with Gasteiger partial charge in [0.2, 0.25) is 11.9 Å². The van der Waals surface area contributed by atoms with Crippen LogP contribution in [-0.4, -0.2) is 39.4 Å². The molecule has 4 N–H and O–H groups in total. The summed E-state index contributed by atoms with van der Waals surface area (Å²) >= 11 is 5.71. The molecule has 1 aliphatic carbocycles. The normalized spacial score (nSPS) is 14.0. The van der Waals surface area contributed by atoms with E-state index in [1.54, 1.807) is 19.2 Å². The molecule has 1 aromatic carbocycles. The number of nitrogens with zero attached hydrogens (tertiary/aromatic N) is 3. The minimum atomic E-state index is -4.58. The monoisotopic (exact) mass is 519 g/mol. The van der Waals surface area contributed by atoms with Crippen molar-refractivity contribution < 1.29 is 22.8 Å². The molecule has 3 aromatic rings. The van der Waals surface area contributed by atoms with E-state index in [-0.39, 0.29) is 28.7 Å². The number of hydrogen-bond donors (Lipinski definition) is 4. The van der Waals surface area contributed by atoms with Gasteiger partial charge < -0.3 is 21.3 Å². The van der Waals surface area contributed by atoms with E-state index in [2.05, 4.69) is 36.2 Å². The third-order valence-corrected chi connectivity index (χ3v) is 5.73. The fourth-order valence-corrected chi connectivity index (χ4v) is 3.53. The number of aromatic nitrogens is 3. The van der Waals surface area contributed by atoms with Crippen LogP contribution in [-0.2, 0) is 17.5 Å². The van der Waals surface area contributed by atoms with E-state index in [9.17, 15) is 22.8 Å². The summed E-state index contributed by atoms with van der Waals surface area (Å²) in [5, 5.41) is 10.9. The van der Waals surface area contributed by atoms with Crippen molar-refractivity contribution >= 4 is 40.7 Å². The molecule has 0 aliphatic heterocycles. The van der Waals surface area contributed by atoms with Crippen LogP contribution in [0.4, 0.5) is 30.5 Å². The van der Waals surface area contributed by atoms with Crippen molar-refractivity contribution in [1.82, 2.24) is 25.6 Å². The van der Waals surface area contributed by atoms with Crippen molar-refractivity contribution in [3.8, 4) is 0 Å². The van der Waals surface area contributed by atoms with Crippen LogP contribution >= 0.6 is 11.6 Å². The molecule has 2 heterocycles. The zero-order valence-corrected chi connectivity index (χ0v) is 19.7. The first-order chi connectivity index (χ1) is 17.1. The minimum absolute atomic E-state index is 0.0262. The summed E-state index contributed by atoms with van der Waals surface area (Å²) in [6.45, 7) is 0.0749. The Labute approximate surface area is 208 Å². The first-order valence-electron chi connectivity index (χ1n) is 10.8. The van der Waals surface area contributed by atoms with Gasteiger partial charge in [0.05, 0.1) is 40.9 Å². The smallest absolute Gasteiger partial charge is 0.357 e. The van der Waals surface area contributed by atoms with Gasteiger partial charge in [0, 0.05) is 24.5 Å². The topological polar surface area (TPSA) is 121 Å². The Morgan fingerprint density at radius 3 is 2.36 bits per heavy atom. The van der Waals surface area contributed by atoms with Gasteiger partial charge in [-0.3, -0.25) is 14.6 Å². The molecule has 9 nitrogen and oxygen atoms in total. The lowest BCUT2D eigenvalue weighted by Gasteiger charge is -2.17. The van der Waals surface area contributed by atoms with Crippen LogP contribution in [0.2, 0.25) is 5.02 Å².